The molecule has 0 saturated carbocycles. The Hall–Kier alpha value is -2.88. The van der Waals surface area contributed by atoms with Crippen molar-refractivity contribution >= 4 is 41.3 Å². The summed E-state index contributed by atoms with van der Waals surface area (Å²) in [5.74, 6) is -2.54. The van der Waals surface area contributed by atoms with E-state index in [1.54, 1.807) is 55.4 Å². The lowest BCUT2D eigenvalue weighted by Crippen LogP contribution is -2.53. The van der Waals surface area contributed by atoms with Crippen LogP contribution in [0.15, 0.2) is 18.3 Å². The number of anilines is 1. The van der Waals surface area contributed by atoms with Gasteiger partial charge in [0.15, 0.2) is 0 Å². The molecule has 3 atom stereocenters. The lowest BCUT2D eigenvalue weighted by Gasteiger charge is -2.28. The number of rotatable bonds is 8. The molecule has 0 unspecified atom stereocenters. The van der Waals surface area contributed by atoms with E-state index < -0.39 is 47.1 Å². The maximum atomic E-state index is 12.6. The summed E-state index contributed by atoms with van der Waals surface area (Å²) in [5.41, 5.74) is -1.34. The van der Waals surface area contributed by atoms with Crippen molar-refractivity contribution < 1.29 is 28.7 Å². The van der Waals surface area contributed by atoms with E-state index in [2.05, 4.69) is 20.9 Å². The van der Waals surface area contributed by atoms with Crippen LogP contribution in [-0.4, -0.2) is 52.1 Å². The van der Waals surface area contributed by atoms with Crippen molar-refractivity contribution in [3.63, 3.8) is 0 Å². The SMILES string of the molecule is C[C@H](CC[C@H](NC(=O)C(=O)Nc1ccc(Cl)cn1)[C@@H](C)NC(=O)OC(C)(C)C)C(=O)OC(C)(C)C. The Morgan fingerprint density at radius 1 is 0.914 bits per heavy atom. The molecule has 0 aromatic carbocycles. The molecular weight excluding hydrogens is 476 g/mol. The molecule has 10 nitrogen and oxygen atoms in total. The molecule has 1 aromatic heterocycles. The monoisotopic (exact) mass is 512 g/mol. The van der Waals surface area contributed by atoms with E-state index in [0.29, 0.717) is 11.4 Å². The van der Waals surface area contributed by atoms with Crippen molar-refractivity contribution in [3.05, 3.63) is 23.4 Å². The molecule has 35 heavy (non-hydrogen) atoms. The first-order valence-electron chi connectivity index (χ1n) is 11.4. The Morgan fingerprint density at radius 2 is 1.51 bits per heavy atom. The summed E-state index contributed by atoms with van der Waals surface area (Å²) in [6.07, 6.45) is 1.30. The van der Waals surface area contributed by atoms with Gasteiger partial charge in [-0.2, -0.15) is 0 Å². The van der Waals surface area contributed by atoms with Crippen LogP contribution in [0.1, 0.15) is 68.2 Å². The van der Waals surface area contributed by atoms with Crippen LogP contribution >= 0.6 is 11.6 Å². The fraction of sp³-hybridized carbons (Fsp3) is 0.625. The van der Waals surface area contributed by atoms with Gasteiger partial charge in [-0.25, -0.2) is 9.78 Å². The van der Waals surface area contributed by atoms with E-state index >= 15 is 0 Å². The molecule has 11 heteroatoms. The Morgan fingerprint density at radius 3 is 2.03 bits per heavy atom. The first-order valence-corrected chi connectivity index (χ1v) is 11.8. The van der Waals surface area contributed by atoms with Gasteiger partial charge in [0.25, 0.3) is 0 Å². The van der Waals surface area contributed by atoms with E-state index in [1.165, 1.54) is 18.3 Å². The highest BCUT2D eigenvalue weighted by Crippen LogP contribution is 2.17. The molecule has 0 saturated heterocycles. The lowest BCUT2D eigenvalue weighted by molar-refractivity contribution is -0.159. The van der Waals surface area contributed by atoms with Crippen LogP contribution in [0.4, 0.5) is 10.6 Å². The molecule has 0 fully saturated rings. The number of esters is 1. The summed E-state index contributed by atoms with van der Waals surface area (Å²) in [6.45, 7) is 13.9. The van der Waals surface area contributed by atoms with Gasteiger partial charge in [0.2, 0.25) is 0 Å². The molecule has 0 spiro atoms. The Kier molecular flexibility index (Phi) is 11.0. The van der Waals surface area contributed by atoms with E-state index in [9.17, 15) is 19.2 Å². The van der Waals surface area contributed by atoms with Crippen LogP contribution in [0.5, 0.6) is 0 Å². The van der Waals surface area contributed by atoms with Gasteiger partial charge in [-0.1, -0.05) is 18.5 Å². The van der Waals surface area contributed by atoms with Gasteiger partial charge in [-0.3, -0.25) is 14.4 Å². The minimum Gasteiger partial charge on any atom is -0.460 e. The Labute approximate surface area is 211 Å². The number of amides is 3. The van der Waals surface area contributed by atoms with Gasteiger partial charge in [0.05, 0.1) is 10.9 Å². The number of carbonyl (C=O) groups is 4. The van der Waals surface area contributed by atoms with Gasteiger partial charge in [0.1, 0.15) is 17.0 Å². The number of nitrogens with one attached hydrogen (secondary N) is 3. The van der Waals surface area contributed by atoms with E-state index in [-0.39, 0.29) is 18.2 Å². The molecule has 0 radical (unpaired) electrons. The number of pyridine rings is 1. The van der Waals surface area contributed by atoms with Crippen LogP contribution in [0.2, 0.25) is 5.02 Å². The minimum absolute atomic E-state index is 0.157. The van der Waals surface area contributed by atoms with Crippen molar-refractivity contribution in [1.29, 1.82) is 0 Å². The smallest absolute Gasteiger partial charge is 0.407 e. The maximum Gasteiger partial charge on any atom is 0.407 e. The second-order valence-corrected chi connectivity index (χ2v) is 10.8. The largest absolute Gasteiger partial charge is 0.460 e. The zero-order valence-electron chi connectivity index (χ0n) is 21.7. The van der Waals surface area contributed by atoms with Crippen molar-refractivity contribution in [1.82, 2.24) is 15.6 Å². The standard InChI is InChI=1S/C24H37ClN4O6/c1-14(21(32)34-23(3,4)5)9-11-17(15(2)27-22(33)35-24(6,7)8)28-19(30)20(31)29-18-12-10-16(25)13-26-18/h10,12-15,17H,9,11H2,1-8H3,(H,27,33)(H,28,30)(H,26,29,31)/t14-,15-,17+/m1/s1. The number of carbonyl (C=O) groups excluding carboxylic acids is 4. The number of ether oxygens (including phenoxy) is 2. The quantitative estimate of drug-likeness (QED) is 0.355. The van der Waals surface area contributed by atoms with Crippen LogP contribution in [-0.2, 0) is 23.9 Å². The van der Waals surface area contributed by atoms with Gasteiger partial charge < -0.3 is 25.4 Å². The van der Waals surface area contributed by atoms with Crippen molar-refractivity contribution in [2.75, 3.05) is 5.32 Å². The van der Waals surface area contributed by atoms with E-state index in [4.69, 9.17) is 21.1 Å². The van der Waals surface area contributed by atoms with E-state index in [0.717, 1.165) is 0 Å². The van der Waals surface area contributed by atoms with Crippen LogP contribution in [0, 0.1) is 5.92 Å². The molecule has 3 amide bonds. The molecule has 1 aromatic rings. The number of halogens is 1. The highest BCUT2D eigenvalue weighted by atomic mass is 35.5. The second-order valence-electron chi connectivity index (χ2n) is 10.3. The highest BCUT2D eigenvalue weighted by Gasteiger charge is 2.29. The second kappa shape index (κ2) is 12.7. The van der Waals surface area contributed by atoms with Crippen LogP contribution in [0.3, 0.4) is 0 Å². The third kappa shape index (κ3) is 12.4. The topological polar surface area (TPSA) is 136 Å². The summed E-state index contributed by atoms with van der Waals surface area (Å²) >= 11 is 5.78. The fourth-order valence-electron chi connectivity index (χ4n) is 2.85. The lowest BCUT2D eigenvalue weighted by atomic mass is 9.97. The molecule has 196 valence electrons. The molecule has 0 aliphatic carbocycles. The fourth-order valence-corrected chi connectivity index (χ4v) is 2.96. The Balaban J connectivity index is 2.88. The Bertz CT molecular complexity index is 893. The predicted molar refractivity (Wildman–Crippen MR) is 133 cm³/mol. The van der Waals surface area contributed by atoms with E-state index in [1.807, 2.05) is 0 Å². The molecule has 1 heterocycles. The summed E-state index contributed by atoms with van der Waals surface area (Å²) in [5, 5.41) is 8.08. The third-order valence-electron chi connectivity index (χ3n) is 4.56. The number of aromatic nitrogens is 1. The zero-order valence-corrected chi connectivity index (χ0v) is 22.4. The first kappa shape index (κ1) is 30.2. The summed E-state index contributed by atoms with van der Waals surface area (Å²) in [7, 11) is 0. The zero-order chi connectivity index (χ0) is 27.0. The summed E-state index contributed by atoms with van der Waals surface area (Å²) in [6, 6.07) is 1.69. The highest BCUT2D eigenvalue weighted by molar-refractivity contribution is 6.39. The average molecular weight is 513 g/mol. The predicted octanol–water partition coefficient (Wildman–Crippen LogP) is 3.83. The summed E-state index contributed by atoms with van der Waals surface area (Å²) < 4.78 is 10.7. The van der Waals surface area contributed by atoms with Crippen molar-refractivity contribution in [2.45, 2.75) is 91.5 Å². The normalized spacial score (nSPS) is 14.2. The first-order chi connectivity index (χ1) is 16.0. The molecule has 1 rings (SSSR count). The van der Waals surface area contributed by atoms with Gasteiger partial charge in [-0.05, 0) is 73.4 Å². The van der Waals surface area contributed by atoms with Crippen molar-refractivity contribution in [3.8, 4) is 0 Å². The molecule has 0 aliphatic heterocycles. The van der Waals surface area contributed by atoms with Gasteiger partial charge in [0, 0.05) is 18.3 Å². The molecule has 0 aliphatic rings. The molecular formula is C24H37ClN4O6. The number of alkyl carbamates (subject to hydrolysis) is 1. The van der Waals surface area contributed by atoms with Crippen LogP contribution in [0.25, 0.3) is 0 Å². The van der Waals surface area contributed by atoms with Gasteiger partial charge >= 0.3 is 23.9 Å². The summed E-state index contributed by atoms with van der Waals surface area (Å²) in [4.78, 5) is 53.5. The average Bonchev–Trinajstić information content (AvgIpc) is 2.69. The molecule has 0 bridgehead atoms. The minimum atomic E-state index is -0.936. The van der Waals surface area contributed by atoms with Gasteiger partial charge in [-0.15, -0.1) is 0 Å². The third-order valence-corrected chi connectivity index (χ3v) is 4.78. The molecule has 3 N–H and O–H groups in total. The maximum absolute atomic E-state index is 12.6. The van der Waals surface area contributed by atoms with Crippen LogP contribution < -0.4 is 16.0 Å². The number of hydrogen-bond acceptors (Lipinski definition) is 7. The number of hydrogen-bond donors (Lipinski definition) is 3. The van der Waals surface area contributed by atoms with Crippen molar-refractivity contribution in [2.24, 2.45) is 5.92 Å². The number of nitrogens with zero attached hydrogens (tertiary/aromatic N) is 1.